The van der Waals surface area contributed by atoms with Crippen molar-refractivity contribution in [2.24, 2.45) is 0 Å². The molecule has 5 rings (SSSR count). The van der Waals surface area contributed by atoms with Crippen LogP contribution in [0.25, 0.3) is 22.9 Å². The maximum atomic E-state index is 12.7. The molecule has 0 aliphatic rings. The van der Waals surface area contributed by atoms with E-state index in [1.807, 2.05) is 31.2 Å². The minimum atomic E-state index is -0.238. The van der Waals surface area contributed by atoms with Crippen LogP contribution in [0.2, 0.25) is 0 Å². The number of amides is 1. The molecule has 2 heterocycles. The Balaban J connectivity index is 1.24. The summed E-state index contributed by atoms with van der Waals surface area (Å²) in [6, 6.07) is 23.7. The van der Waals surface area contributed by atoms with Gasteiger partial charge in [-0.15, -0.1) is 10.2 Å². The summed E-state index contributed by atoms with van der Waals surface area (Å²) in [4.78, 5) is 20.7. The van der Waals surface area contributed by atoms with E-state index in [1.54, 1.807) is 67.0 Å². The molecule has 0 radical (unpaired) electrons. The Bertz CT molecular complexity index is 1420. The first-order valence-electron chi connectivity index (χ1n) is 10.5. The van der Waals surface area contributed by atoms with Gasteiger partial charge in [-0.2, -0.15) is 0 Å². The van der Waals surface area contributed by atoms with Gasteiger partial charge in [0.1, 0.15) is 5.75 Å². The van der Waals surface area contributed by atoms with Crippen molar-refractivity contribution >= 4 is 11.6 Å². The highest BCUT2D eigenvalue weighted by Crippen LogP contribution is 2.26. The van der Waals surface area contributed by atoms with E-state index in [1.165, 1.54) is 0 Å². The molecule has 1 amide bonds. The van der Waals surface area contributed by atoms with Crippen LogP contribution in [0.5, 0.6) is 11.8 Å². The van der Waals surface area contributed by atoms with Crippen LogP contribution in [0.3, 0.4) is 0 Å². The molecule has 0 bridgehead atoms. The monoisotopic (exact) mass is 449 g/mol. The second-order valence-electron chi connectivity index (χ2n) is 7.42. The average molecular weight is 449 g/mol. The average Bonchev–Trinajstić information content (AvgIpc) is 3.36. The number of rotatable bonds is 6. The van der Waals surface area contributed by atoms with Crippen molar-refractivity contribution in [1.82, 2.24) is 20.2 Å². The van der Waals surface area contributed by atoms with Gasteiger partial charge in [0.15, 0.2) is 0 Å². The summed E-state index contributed by atoms with van der Waals surface area (Å²) in [6.07, 6.45) is 3.20. The molecule has 0 unspecified atom stereocenters. The standard InChI is InChI=1S/C26H19N5O3/c1-17-5-2-3-6-22(17)25-31-30-24(34-25)19-9-7-18(8-10-19)23(32)29-20-11-13-21(14-12-20)33-26-27-15-4-16-28-26/h2-16H,1H3,(H,29,32). The molecular weight excluding hydrogens is 430 g/mol. The number of aromatic nitrogens is 4. The van der Waals surface area contributed by atoms with Crippen molar-refractivity contribution < 1.29 is 13.9 Å². The van der Waals surface area contributed by atoms with Gasteiger partial charge >= 0.3 is 6.01 Å². The molecule has 0 saturated heterocycles. The van der Waals surface area contributed by atoms with Gasteiger partial charge in [-0.25, -0.2) is 9.97 Å². The lowest BCUT2D eigenvalue weighted by molar-refractivity contribution is 0.102. The molecule has 3 aromatic carbocycles. The Morgan fingerprint density at radius 3 is 2.26 bits per heavy atom. The van der Waals surface area contributed by atoms with Gasteiger partial charge in [0.2, 0.25) is 11.8 Å². The first-order valence-corrected chi connectivity index (χ1v) is 10.5. The van der Waals surface area contributed by atoms with Crippen molar-refractivity contribution in [2.75, 3.05) is 5.32 Å². The molecule has 0 atom stereocenters. The highest BCUT2D eigenvalue weighted by molar-refractivity contribution is 6.04. The Kier molecular flexibility index (Phi) is 5.77. The van der Waals surface area contributed by atoms with E-state index < -0.39 is 0 Å². The molecule has 1 N–H and O–H groups in total. The molecule has 0 aliphatic carbocycles. The lowest BCUT2D eigenvalue weighted by atomic mass is 10.1. The summed E-state index contributed by atoms with van der Waals surface area (Å²) in [5, 5.41) is 11.2. The van der Waals surface area contributed by atoms with E-state index in [-0.39, 0.29) is 11.9 Å². The summed E-state index contributed by atoms with van der Waals surface area (Å²) in [5.74, 6) is 1.18. The Morgan fingerprint density at radius 2 is 1.53 bits per heavy atom. The van der Waals surface area contributed by atoms with Crippen LogP contribution in [0.4, 0.5) is 5.69 Å². The zero-order valence-electron chi connectivity index (χ0n) is 18.2. The molecule has 2 aromatic heterocycles. The summed E-state index contributed by atoms with van der Waals surface area (Å²) in [6.45, 7) is 1.99. The normalized spacial score (nSPS) is 10.6. The quantitative estimate of drug-likeness (QED) is 0.363. The smallest absolute Gasteiger partial charge is 0.321 e. The number of anilines is 1. The van der Waals surface area contributed by atoms with Crippen LogP contribution in [-0.4, -0.2) is 26.1 Å². The molecule has 5 aromatic rings. The van der Waals surface area contributed by atoms with Gasteiger partial charge in [-0.3, -0.25) is 4.79 Å². The van der Waals surface area contributed by atoms with Crippen LogP contribution in [0.1, 0.15) is 15.9 Å². The molecule has 0 aliphatic heterocycles. The lowest BCUT2D eigenvalue weighted by Gasteiger charge is -2.07. The molecular formula is C26H19N5O3. The molecule has 0 saturated carbocycles. The van der Waals surface area contributed by atoms with E-state index in [9.17, 15) is 4.79 Å². The van der Waals surface area contributed by atoms with Crippen molar-refractivity contribution in [3.63, 3.8) is 0 Å². The fourth-order valence-corrected chi connectivity index (χ4v) is 3.28. The van der Waals surface area contributed by atoms with Crippen LogP contribution in [-0.2, 0) is 0 Å². The van der Waals surface area contributed by atoms with Crippen LogP contribution in [0.15, 0.2) is 95.7 Å². The third kappa shape index (κ3) is 4.66. The summed E-state index contributed by atoms with van der Waals surface area (Å²) < 4.78 is 11.4. The maximum absolute atomic E-state index is 12.7. The number of nitrogens with one attached hydrogen (secondary N) is 1. The number of carbonyl (C=O) groups is 1. The maximum Gasteiger partial charge on any atom is 0.321 e. The van der Waals surface area contributed by atoms with Crippen LogP contribution < -0.4 is 10.1 Å². The van der Waals surface area contributed by atoms with Crippen molar-refractivity contribution in [1.29, 1.82) is 0 Å². The fourth-order valence-electron chi connectivity index (χ4n) is 3.28. The predicted molar refractivity (Wildman–Crippen MR) is 126 cm³/mol. The number of ether oxygens (including phenoxy) is 1. The van der Waals surface area contributed by atoms with Gasteiger partial charge in [0.25, 0.3) is 5.91 Å². The zero-order valence-corrected chi connectivity index (χ0v) is 18.2. The van der Waals surface area contributed by atoms with Gasteiger partial charge in [0, 0.05) is 34.8 Å². The summed E-state index contributed by atoms with van der Waals surface area (Å²) in [7, 11) is 0. The Labute approximate surface area is 195 Å². The predicted octanol–water partition coefficient (Wildman–Crippen LogP) is 5.55. The summed E-state index contributed by atoms with van der Waals surface area (Å²) in [5.41, 5.74) is 3.81. The number of hydrogen-bond acceptors (Lipinski definition) is 7. The van der Waals surface area contributed by atoms with Gasteiger partial charge in [-0.05, 0) is 73.2 Å². The Hall–Kier alpha value is -4.85. The number of nitrogens with zero attached hydrogens (tertiary/aromatic N) is 4. The first-order chi connectivity index (χ1) is 16.7. The third-order valence-corrected chi connectivity index (χ3v) is 5.06. The highest BCUT2D eigenvalue weighted by Gasteiger charge is 2.13. The third-order valence-electron chi connectivity index (χ3n) is 5.06. The van der Waals surface area contributed by atoms with E-state index in [0.29, 0.717) is 28.8 Å². The van der Waals surface area contributed by atoms with E-state index in [4.69, 9.17) is 9.15 Å². The van der Waals surface area contributed by atoms with E-state index in [2.05, 4.69) is 25.5 Å². The van der Waals surface area contributed by atoms with Gasteiger partial charge < -0.3 is 14.5 Å². The van der Waals surface area contributed by atoms with Crippen LogP contribution >= 0.6 is 0 Å². The van der Waals surface area contributed by atoms with Gasteiger partial charge in [-0.1, -0.05) is 18.2 Å². The second kappa shape index (κ2) is 9.33. The Morgan fingerprint density at radius 1 is 0.824 bits per heavy atom. The van der Waals surface area contributed by atoms with E-state index >= 15 is 0 Å². The zero-order chi connectivity index (χ0) is 23.3. The van der Waals surface area contributed by atoms with Gasteiger partial charge in [0.05, 0.1) is 0 Å². The molecule has 8 nitrogen and oxygen atoms in total. The molecule has 34 heavy (non-hydrogen) atoms. The van der Waals surface area contributed by atoms with Crippen molar-refractivity contribution in [3.05, 3.63) is 102 Å². The largest absolute Gasteiger partial charge is 0.424 e. The molecule has 166 valence electrons. The number of hydrogen-bond donors (Lipinski definition) is 1. The molecule has 0 spiro atoms. The van der Waals surface area contributed by atoms with Crippen LogP contribution in [0, 0.1) is 6.92 Å². The van der Waals surface area contributed by atoms with Crippen molar-refractivity contribution in [3.8, 4) is 34.7 Å². The first kappa shape index (κ1) is 21.0. The highest BCUT2D eigenvalue weighted by atomic mass is 16.5. The lowest BCUT2D eigenvalue weighted by Crippen LogP contribution is -2.11. The van der Waals surface area contributed by atoms with E-state index in [0.717, 1.165) is 16.7 Å². The number of aryl methyl sites for hydroxylation is 1. The molecule has 8 heteroatoms. The molecule has 0 fully saturated rings. The second-order valence-corrected chi connectivity index (χ2v) is 7.42. The van der Waals surface area contributed by atoms with Crippen molar-refractivity contribution in [2.45, 2.75) is 6.92 Å². The number of carbonyl (C=O) groups excluding carboxylic acids is 1. The fraction of sp³-hybridized carbons (Fsp3) is 0.0385. The minimum Gasteiger partial charge on any atom is -0.424 e. The topological polar surface area (TPSA) is 103 Å². The minimum absolute atomic E-state index is 0.238. The number of benzene rings is 3. The SMILES string of the molecule is Cc1ccccc1-c1nnc(-c2ccc(C(=O)Nc3ccc(Oc4ncccn4)cc3)cc2)o1. The summed E-state index contributed by atoms with van der Waals surface area (Å²) >= 11 is 0.